The number of rotatable bonds is 2. The third-order valence-corrected chi connectivity index (χ3v) is 3.02. The van der Waals surface area contributed by atoms with Crippen molar-refractivity contribution in [1.82, 2.24) is 5.32 Å². The monoisotopic (exact) mass is 209 g/mol. The van der Waals surface area contributed by atoms with Gasteiger partial charge >= 0.3 is 0 Å². The number of benzene rings is 1. The quantitative estimate of drug-likeness (QED) is 0.806. The van der Waals surface area contributed by atoms with Crippen LogP contribution in [0.3, 0.4) is 0 Å². The number of halogens is 1. The van der Waals surface area contributed by atoms with Crippen LogP contribution in [0.15, 0.2) is 18.2 Å². The Morgan fingerprint density at radius 1 is 1.47 bits per heavy atom. The molecule has 1 fully saturated rings. The summed E-state index contributed by atoms with van der Waals surface area (Å²) >= 11 is 0. The number of ether oxygens (including phenoxy) is 1. The van der Waals surface area contributed by atoms with E-state index in [1.807, 2.05) is 25.1 Å². The molecule has 0 radical (unpaired) electrons. The molecule has 1 aromatic carbocycles. The van der Waals surface area contributed by atoms with Crippen LogP contribution in [0, 0.1) is 6.92 Å². The smallest absolute Gasteiger partial charge is 0.149 e. The summed E-state index contributed by atoms with van der Waals surface area (Å²) in [6, 6.07) is 5.54. The number of hydrogen-bond donors (Lipinski definition) is 1. The van der Waals surface area contributed by atoms with E-state index >= 15 is 0 Å². The molecule has 0 aliphatic carbocycles. The molecule has 0 bridgehead atoms. The van der Waals surface area contributed by atoms with Gasteiger partial charge < -0.3 is 10.1 Å². The van der Waals surface area contributed by atoms with E-state index < -0.39 is 5.67 Å². The van der Waals surface area contributed by atoms with E-state index in [9.17, 15) is 4.39 Å². The first-order valence-corrected chi connectivity index (χ1v) is 5.20. The van der Waals surface area contributed by atoms with Gasteiger partial charge in [0.2, 0.25) is 0 Å². The molecule has 1 N–H and O–H groups in total. The second-order valence-corrected chi connectivity index (χ2v) is 4.07. The van der Waals surface area contributed by atoms with Crippen molar-refractivity contribution in [3.63, 3.8) is 0 Å². The summed E-state index contributed by atoms with van der Waals surface area (Å²) in [7, 11) is 1.62. The molecule has 0 aromatic heterocycles. The van der Waals surface area contributed by atoms with Gasteiger partial charge in [0.15, 0.2) is 0 Å². The Kier molecular flexibility index (Phi) is 2.65. The third kappa shape index (κ3) is 1.84. The van der Waals surface area contributed by atoms with Gasteiger partial charge in [0.25, 0.3) is 0 Å². The molecule has 1 aliphatic rings. The van der Waals surface area contributed by atoms with Crippen molar-refractivity contribution in [2.24, 2.45) is 0 Å². The minimum atomic E-state index is -1.20. The molecule has 2 nitrogen and oxygen atoms in total. The average molecular weight is 209 g/mol. The number of nitrogens with one attached hydrogen (secondary N) is 1. The number of hydrogen-bond acceptors (Lipinski definition) is 2. The van der Waals surface area contributed by atoms with E-state index in [0.717, 1.165) is 23.4 Å². The minimum absolute atomic E-state index is 0.417. The zero-order valence-electron chi connectivity index (χ0n) is 9.14. The molecule has 0 saturated carbocycles. The Hall–Kier alpha value is -1.09. The van der Waals surface area contributed by atoms with Crippen LogP contribution in [0.25, 0.3) is 0 Å². The van der Waals surface area contributed by atoms with Crippen LogP contribution in [0.5, 0.6) is 5.75 Å². The second kappa shape index (κ2) is 3.81. The van der Waals surface area contributed by atoms with Crippen LogP contribution >= 0.6 is 0 Å². The van der Waals surface area contributed by atoms with E-state index in [-0.39, 0.29) is 0 Å². The third-order valence-electron chi connectivity index (χ3n) is 3.02. The SMILES string of the molecule is COc1ccc(C2(F)CCNC2)c(C)c1. The fraction of sp³-hybridized carbons (Fsp3) is 0.500. The maximum absolute atomic E-state index is 14.4. The summed E-state index contributed by atoms with van der Waals surface area (Å²) in [5, 5.41) is 3.06. The van der Waals surface area contributed by atoms with Crippen molar-refractivity contribution >= 4 is 0 Å². The number of aryl methyl sites for hydroxylation is 1. The molecule has 2 rings (SSSR count). The van der Waals surface area contributed by atoms with Gasteiger partial charge in [-0.05, 0) is 43.1 Å². The van der Waals surface area contributed by atoms with Gasteiger partial charge in [0.05, 0.1) is 7.11 Å². The van der Waals surface area contributed by atoms with Crippen LogP contribution in [0.2, 0.25) is 0 Å². The highest BCUT2D eigenvalue weighted by atomic mass is 19.1. The van der Waals surface area contributed by atoms with Crippen LogP contribution < -0.4 is 10.1 Å². The first kappa shape index (κ1) is 10.4. The summed E-state index contributed by atoms with van der Waals surface area (Å²) in [5.41, 5.74) is 0.546. The molecule has 82 valence electrons. The second-order valence-electron chi connectivity index (χ2n) is 4.07. The molecule has 1 unspecified atom stereocenters. The molecule has 1 saturated heterocycles. The van der Waals surface area contributed by atoms with Crippen molar-refractivity contribution in [2.45, 2.75) is 19.0 Å². The highest BCUT2D eigenvalue weighted by Gasteiger charge is 2.36. The van der Waals surface area contributed by atoms with Gasteiger partial charge in [-0.1, -0.05) is 6.07 Å². The van der Waals surface area contributed by atoms with Gasteiger partial charge in [0.1, 0.15) is 11.4 Å². The van der Waals surface area contributed by atoms with E-state index in [1.54, 1.807) is 7.11 Å². The molecule has 0 spiro atoms. The number of methoxy groups -OCH3 is 1. The first-order valence-electron chi connectivity index (χ1n) is 5.20. The lowest BCUT2D eigenvalue weighted by Gasteiger charge is -2.21. The van der Waals surface area contributed by atoms with Crippen molar-refractivity contribution in [1.29, 1.82) is 0 Å². The minimum Gasteiger partial charge on any atom is -0.497 e. The van der Waals surface area contributed by atoms with E-state index in [1.165, 1.54) is 0 Å². The Labute approximate surface area is 89.4 Å². The van der Waals surface area contributed by atoms with Crippen molar-refractivity contribution in [3.05, 3.63) is 29.3 Å². The first-order chi connectivity index (χ1) is 7.15. The molecular formula is C12H16FNO. The Morgan fingerprint density at radius 2 is 2.27 bits per heavy atom. The Balaban J connectivity index is 2.36. The van der Waals surface area contributed by atoms with Crippen LogP contribution in [-0.2, 0) is 5.67 Å². The van der Waals surface area contributed by atoms with Crippen LogP contribution in [0.4, 0.5) is 4.39 Å². The van der Waals surface area contributed by atoms with Gasteiger partial charge in [0, 0.05) is 6.54 Å². The van der Waals surface area contributed by atoms with Gasteiger partial charge in [-0.2, -0.15) is 0 Å². The standard InChI is InChI=1S/C12H16FNO/c1-9-7-10(15-2)3-4-11(9)12(13)5-6-14-8-12/h3-4,7,14H,5-6,8H2,1-2H3. The largest absolute Gasteiger partial charge is 0.497 e. The predicted octanol–water partition coefficient (Wildman–Crippen LogP) is 2.16. The fourth-order valence-electron chi connectivity index (χ4n) is 2.16. The highest BCUT2D eigenvalue weighted by Crippen LogP contribution is 2.35. The molecule has 3 heteroatoms. The molecule has 1 aromatic rings. The van der Waals surface area contributed by atoms with Crippen LogP contribution in [0.1, 0.15) is 17.5 Å². The number of alkyl halides is 1. The molecule has 1 heterocycles. The van der Waals surface area contributed by atoms with Gasteiger partial charge in [-0.3, -0.25) is 0 Å². The molecule has 15 heavy (non-hydrogen) atoms. The van der Waals surface area contributed by atoms with E-state index in [0.29, 0.717) is 13.0 Å². The molecular weight excluding hydrogens is 193 g/mol. The maximum atomic E-state index is 14.4. The topological polar surface area (TPSA) is 21.3 Å². The fourth-order valence-corrected chi connectivity index (χ4v) is 2.16. The van der Waals surface area contributed by atoms with Crippen molar-refractivity contribution in [3.8, 4) is 5.75 Å². The maximum Gasteiger partial charge on any atom is 0.149 e. The van der Waals surface area contributed by atoms with Crippen LogP contribution in [-0.4, -0.2) is 20.2 Å². The normalized spacial score (nSPS) is 25.5. The summed E-state index contributed by atoms with van der Waals surface area (Å²) in [4.78, 5) is 0. The predicted molar refractivity (Wildman–Crippen MR) is 58.0 cm³/mol. The Morgan fingerprint density at radius 3 is 2.80 bits per heavy atom. The zero-order chi connectivity index (χ0) is 10.9. The van der Waals surface area contributed by atoms with E-state index in [2.05, 4.69) is 5.32 Å². The zero-order valence-corrected chi connectivity index (χ0v) is 9.14. The summed E-state index contributed by atoms with van der Waals surface area (Å²) < 4.78 is 19.5. The lowest BCUT2D eigenvalue weighted by molar-refractivity contribution is 0.192. The summed E-state index contributed by atoms with van der Waals surface area (Å²) in [6.07, 6.45) is 0.556. The van der Waals surface area contributed by atoms with Crippen molar-refractivity contribution < 1.29 is 9.13 Å². The molecule has 1 atom stereocenters. The Bertz CT molecular complexity index is 359. The van der Waals surface area contributed by atoms with E-state index in [4.69, 9.17) is 4.74 Å². The van der Waals surface area contributed by atoms with Gasteiger partial charge in [-0.25, -0.2) is 4.39 Å². The summed E-state index contributed by atoms with van der Waals surface area (Å²) in [5.74, 6) is 0.783. The average Bonchev–Trinajstić information content (AvgIpc) is 2.65. The lowest BCUT2D eigenvalue weighted by atomic mass is 9.91. The lowest BCUT2D eigenvalue weighted by Crippen LogP contribution is -2.24. The molecule has 0 amide bonds. The highest BCUT2D eigenvalue weighted by molar-refractivity contribution is 5.39. The summed E-state index contributed by atoms with van der Waals surface area (Å²) in [6.45, 7) is 3.10. The molecule has 1 aliphatic heterocycles. The van der Waals surface area contributed by atoms with Gasteiger partial charge in [-0.15, -0.1) is 0 Å². The van der Waals surface area contributed by atoms with Crippen molar-refractivity contribution in [2.75, 3.05) is 20.2 Å².